The quantitative estimate of drug-likeness (QED) is 0.284. The number of pyridine rings is 1. The Labute approximate surface area is 294 Å². The number of rotatable bonds is 10. The molecule has 15 heteroatoms. The molecule has 2 aromatic heterocycles. The number of piperidine rings is 1. The molecule has 1 saturated carbocycles. The normalized spacial score (nSPS) is 21.1. The molecule has 1 aromatic carbocycles. The van der Waals surface area contributed by atoms with Crippen molar-refractivity contribution in [2.75, 3.05) is 37.4 Å². The highest BCUT2D eigenvalue weighted by Gasteiger charge is 2.55. The molecular weight excluding hydrogens is 679 g/mol. The number of anilines is 2. The first-order chi connectivity index (χ1) is 24.1. The van der Waals surface area contributed by atoms with Crippen molar-refractivity contribution >= 4 is 49.9 Å². The Kier molecular flexibility index (Phi) is 9.67. The number of ether oxygens (including phenoxy) is 1. The van der Waals surface area contributed by atoms with Crippen LogP contribution in [0, 0.1) is 0 Å². The lowest BCUT2D eigenvalue weighted by Gasteiger charge is -2.45. The lowest BCUT2D eigenvalue weighted by Crippen LogP contribution is -2.62. The summed E-state index contributed by atoms with van der Waals surface area (Å²) in [6.07, 6.45) is 12.1. The molecule has 13 nitrogen and oxygen atoms in total. The van der Waals surface area contributed by atoms with E-state index in [1.165, 1.54) is 16.2 Å². The summed E-state index contributed by atoms with van der Waals surface area (Å²) >= 11 is 1.24. The fourth-order valence-electron chi connectivity index (χ4n) is 6.57. The molecular formula is C35H39N7O6S2. The third-order valence-corrected chi connectivity index (χ3v) is 12.2. The number of nitrogens with one attached hydrogen (secondary N) is 3. The number of allylic oxidation sites excluding steroid dienone is 3. The van der Waals surface area contributed by atoms with Gasteiger partial charge in [-0.05, 0) is 62.6 Å². The summed E-state index contributed by atoms with van der Waals surface area (Å²) in [6.45, 7) is 1.28. The number of aromatic nitrogens is 2. The van der Waals surface area contributed by atoms with E-state index < -0.39 is 44.9 Å². The Hall–Kier alpha value is -4.28. The molecule has 262 valence electrons. The van der Waals surface area contributed by atoms with Crippen LogP contribution in [-0.4, -0.2) is 95.7 Å². The van der Waals surface area contributed by atoms with Crippen LogP contribution in [-0.2, 0) is 24.3 Å². The number of hydrogen-bond acceptors (Lipinski definition) is 10. The molecule has 3 aromatic rings. The lowest BCUT2D eigenvalue weighted by atomic mass is 9.93. The third-order valence-electron chi connectivity index (χ3n) is 9.57. The molecule has 7 rings (SSSR count). The highest BCUT2D eigenvalue weighted by molar-refractivity contribution is 7.90. The Morgan fingerprint density at radius 1 is 1.08 bits per heavy atom. The molecule has 0 radical (unpaired) electrons. The van der Waals surface area contributed by atoms with Gasteiger partial charge in [0.2, 0.25) is 15.9 Å². The molecule has 4 heterocycles. The van der Waals surface area contributed by atoms with Gasteiger partial charge >= 0.3 is 0 Å². The molecule has 3 N–H and O–H groups in total. The molecule has 0 unspecified atom stereocenters. The summed E-state index contributed by atoms with van der Waals surface area (Å²) in [5.41, 5.74) is 2.05. The number of amides is 3. The minimum Gasteiger partial charge on any atom is -0.353 e. The van der Waals surface area contributed by atoms with E-state index in [1.807, 2.05) is 19.2 Å². The molecule has 3 fully saturated rings. The molecule has 4 aliphatic rings. The Morgan fingerprint density at radius 3 is 2.54 bits per heavy atom. The molecule has 2 atom stereocenters. The first-order valence-electron chi connectivity index (χ1n) is 16.7. The predicted molar refractivity (Wildman–Crippen MR) is 190 cm³/mol. The van der Waals surface area contributed by atoms with E-state index in [1.54, 1.807) is 60.2 Å². The second-order valence-electron chi connectivity index (χ2n) is 13.1. The van der Waals surface area contributed by atoms with E-state index in [4.69, 9.17) is 4.74 Å². The van der Waals surface area contributed by atoms with E-state index >= 15 is 0 Å². The highest BCUT2D eigenvalue weighted by atomic mass is 32.2. The maximum atomic E-state index is 14.7. The third kappa shape index (κ3) is 7.28. The van der Waals surface area contributed by atoms with Gasteiger partial charge < -0.3 is 20.3 Å². The minimum absolute atomic E-state index is 0.0247. The second-order valence-corrected chi connectivity index (χ2v) is 15.9. The number of carbonyl (C=O) groups is 3. The van der Waals surface area contributed by atoms with Gasteiger partial charge in [0.05, 0.1) is 29.4 Å². The molecule has 2 aliphatic carbocycles. The first kappa shape index (κ1) is 34.2. The van der Waals surface area contributed by atoms with E-state index in [9.17, 15) is 22.8 Å². The van der Waals surface area contributed by atoms with Crippen molar-refractivity contribution in [3.63, 3.8) is 0 Å². The maximum Gasteiger partial charge on any atom is 0.255 e. The fourth-order valence-corrected chi connectivity index (χ4v) is 8.82. The van der Waals surface area contributed by atoms with Gasteiger partial charge in [-0.25, -0.2) is 13.4 Å². The van der Waals surface area contributed by atoms with Crippen LogP contribution in [0.4, 0.5) is 10.8 Å². The van der Waals surface area contributed by atoms with Gasteiger partial charge in [0.15, 0.2) is 5.13 Å². The summed E-state index contributed by atoms with van der Waals surface area (Å²) in [6, 6.07) is 8.32. The average molecular weight is 718 g/mol. The second kappa shape index (κ2) is 14.2. The summed E-state index contributed by atoms with van der Waals surface area (Å²) in [5, 5.41) is 7.33. The molecule has 2 aliphatic heterocycles. The van der Waals surface area contributed by atoms with Gasteiger partial charge in [-0.1, -0.05) is 30.4 Å². The number of nitrogens with zero attached hydrogens (tertiary/aromatic N) is 4. The predicted octanol–water partition coefficient (Wildman–Crippen LogP) is 3.77. The van der Waals surface area contributed by atoms with E-state index in [-0.39, 0.29) is 12.5 Å². The van der Waals surface area contributed by atoms with Crippen molar-refractivity contribution < 1.29 is 27.5 Å². The standard InChI is InChI=1S/C35H39N7O6S2/c1-41-18-15-35(16-19-41)42(33(45)30(24-6-3-2-4-7-24)40-50(46,47)27-13-14-27)29(21-48-35)32(44)39-34-38-28(22-49-34)23-9-11-25(12-10-23)31(43)37-26-8-5-17-36-20-26/h2-3,5-6,8-12,17,20,22,27,29-30,40H,4,7,13-16,18-19,21H2,1H3,(H,37,43)(H,38,39,44)/t29-,30+/m0/s1. The van der Waals surface area contributed by atoms with Crippen LogP contribution < -0.4 is 15.4 Å². The number of carbonyl (C=O) groups excluding carboxylic acids is 3. The number of likely N-dealkylation sites (tertiary alicyclic amines) is 1. The number of thiazole rings is 1. The maximum absolute atomic E-state index is 14.7. The van der Waals surface area contributed by atoms with Crippen LogP contribution in [0.25, 0.3) is 11.3 Å². The van der Waals surface area contributed by atoms with Crippen LogP contribution in [0.3, 0.4) is 0 Å². The Morgan fingerprint density at radius 2 is 1.86 bits per heavy atom. The van der Waals surface area contributed by atoms with E-state index in [0.717, 1.165) is 5.56 Å². The summed E-state index contributed by atoms with van der Waals surface area (Å²) < 4.78 is 35.5. The topological polar surface area (TPSA) is 163 Å². The highest BCUT2D eigenvalue weighted by Crippen LogP contribution is 2.39. The zero-order valence-electron chi connectivity index (χ0n) is 27.6. The van der Waals surface area contributed by atoms with Gasteiger partial charge in [-0.2, -0.15) is 4.72 Å². The van der Waals surface area contributed by atoms with Crippen LogP contribution in [0.15, 0.2) is 78.0 Å². The van der Waals surface area contributed by atoms with Crippen LogP contribution in [0.5, 0.6) is 0 Å². The van der Waals surface area contributed by atoms with E-state index in [0.29, 0.717) is 79.3 Å². The zero-order chi connectivity index (χ0) is 34.9. The Bertz CT molecular complexity index is 1920. The van der Waals surface area contributed by atoms with Crippen molar-refractivity contribution in [1.82, 2.24) is 24.5 Å². The van der Waals surface area contributed by atoms with E-state index in [2.05, 4.69) is 30.2 Å². The SMILES string of the molecule is CN1CCC2(CC1)OC[C@@H](C(=O)Nc1nc(-c3ccc(C(=O)Nc4cccnc4)cc3)cs1)N2C(=O)[C@H](NS(=O)(=O)C1CC1)C1=CC=CCC1. The van der Waals surface area contributed by atoms with Crippen molar-refractivity contribution in [2.24, 2.45) is 0 Å². The summed E-state index contributed by atoms with van der Waals surface area (Å²) in [4.78, 5) is 53.6. The van der Waals surface area contributed by atoms with Crippen molar-refractivity contribution in [1.29, 1.82) is 0 Å². The lowest BCUT2D eigenvalue weighted by molar-refractivity contribution is -0.162. The molecule has 0 bridgehead atoms. The van der Waals surface area contributed by atoms with Gasteiger partial charge in [0.1, 0.15) is 17.8 Å². The van der Waals surface area contributed by atoms with Crippen molar-refractivity contribution in [3.05, 3.63) is 83.5 Å². The van der Waals surface area contributed by atoms with Crippen LogP contribution >= 0.6 is 11.3 Å². The minimum atomic E-state index is -3.74. The van der Waals surface area contributed by atoms with Crippen LogP contribution in [0.2, 0.25) is 0 Å². The summed E-state index contributed by atoms with van der Waals surface area (Å²) in [5.74, 6) is -1.21. The smallest absolute Gasteiger partial charge is 0.255 e. The van der Waals surface area contributed by atoms with Gasteiger partial charge in [-0.15, -0.1) is 11.3 Å². The zero-order valence-corrected chi connectivity index (χ0v) is 29.2. The molecule has 3 amide bonds. The summed E-state index contributed by atoms with van der Waals surface area (Å²) in [7, 11) is -1.74. The molecule has 50 heavy (non-hydrogen) atoms. The van der Waals surface area contributed by atoms with Crippen molar-refractivity contribution in [2.45, 2.75) is 61.6 Å². The monoisotopic (exact) mass is 717 g/mol. The molecule has 2 saturated heterocycles. The van der Waals surface area contributed by atoms with Crippen LogP contribution in [0.1, 0.15) is 48.9 Å². The Balaban J connectivity index is 1.10. The number of hydrogen-bond donors (Lipinski definition) is 3. The molecule has 1 spiro atoms. The van der Waals surface area contributed by atoms with Gasteiger partial charge in [0, 0.05) is 48.6 Å². The number of benzene rings is 1. The average Bonchev–Trinajstić information content (AvgIpc) is 3.80. The number of sulfonamides is 1. The first-order valence-corrected chi connectivity index (χ1v) is 19.2. The van der Waals surface area contributed by atoms with Gasteiger partial charge in [-0.3, -0.25) is 24.3 Å². The fraction of sp³-hybridized carbons (Fsp3) is 0.400. The van der Waals surface area contributed by atoms with Crippen molar-refractivity contribution in [3.8, 4) is 11.3 Å². The largest absolute Gasteiger partial charge is 0.353 e. The van der Waals surface area contributed by atoms with Gasteiger partial charge in [0.25, 0.3) is 11.8 Å².